The van der Waals surface area contributed by atoms with Gasteiger partial charge in [0.25, 0.3) is 0 Å². The van der Waals surface area contributed by atoms with Crippen LogP contribution in [0.2, 0.25) is 0 Å². The minimum atomic E-state index is -0.152. The number of hydrogen-bond donors (Lipinski definition) is 4. The summed E-state index contributed by atoms with van der Waals surface area (Å²) < 4.78 is 0. The van der Waals surface area contributed by atoms with Crippen LogP contribution in [-0.2, 0) is 0 Å². The molecule has 0 heterocycles. The van der Waals surface area contributed by atoms with E-state index in [-0.39, 0.29) is 11.6 Å². The summed E-state index contributed by atoms with van der Waals surface area (Å²) >= 11 is 0. The van der Waals surface area contributed by atoms with Gasteiger partial charge in [-0.2, -0.15) is 5.10 Å². The molecule has 0 bridgehead atoms. The van der Waals surface area contributed by atoms with Crippen LogP contribution in [0.3, 0.4) is 0 Å². The number of hydrogen-bond acceptors (Lipinski definition) is 4. The maximum Gasteiger partial charge on any atom is 0.127 e. The number of nitrogen functional groups attached to an aromatic ring is 1. The second kappa shape index (κ2) is 6.58. The summed E-state index contributed by atoms with van der Waals surface area (Å²) in [5.41, 5.74) is 9.29. The van der Waals surface area contributed by atoms with Gasteiger partial charge in [0.05, 0.1) is 11.3 Å². The monoisotopic (exact) mass is 294 g/mol. The molecule has 2 rings (SSSR count). The molecule has 0 aliphatic rings. The maximum atomic E-state index is 9.80. The molecule has 0 spiro atoms. The molecule has 0 radical (unpaired) electrons. The van der Waals surface area contributed by atoms with Crippen molar-refractivity contribution in [2.24, 2.45) is 16.7 Å². The highest BCUT2D eigenvalue weighted by molar-refractivity contribution is 5.99. The van der Waals surface area contributed by atoms with Crippen LogP contribution in [-0.4, -0.2) is 16.7 Å². The average molecular weight is 294 g/mol. The summed E-state index contributed by atoms with van der Waals surface area (Å²) in [7, 11) is 0. The van der Waals surface area contributed by atoms with Gasteiger partial charge in [0, 0.05) is 0 Å². The molecule has 0 atom stereocenters. The lowest BCUT2D eigenvalue weighted by Crippen LogP contribution is -2.10. The molecular formula is C17H18N4O. The Morgan fingerprint density at radius 1 is 1.09 bits per heavy atom. The smallest absolute Gasteiger partial charge is 0.127 e. The topological polar surface area (TPSA) is 108 Å². The molecule has 2 aromatic rings. The highest BCUT2D eigenvalue weighted by atomic mass is 16.3. The molecule has 112 valence electrons. The Morgan fingerprint density at radius 2 is 1.68 bits per heavy atom. The maximum absolute atomic E-state index is 9.80. The molecule has 0 unspecified atom stereocenters. The Morgan fingerprint density at radius 3 is 2.23 bits per heavy atom. The van der Waals surface area contributed by atoms with Crippen molar-refractivity contribution in [3.63, 3.8) is 0 Å². The van der Waals surface area contributed by atoms with Crippen LogP contribution >= 0.6 is 0 Å². The van der Waals surface area contributed by atoms with Crippen LogP contribution in [0.5, 0.6) is 5.75 Å². The minimum absolute atomic E-state index is 0.000204. The third-order valence-electron chi connectivity index (χ3n) is 3.30. The fraction of sp³-hybridized carbons (Fsp3) is 0.0588. The predicted molar refractivity (Wildman–Crippen MR) is 90.9 cm³/mol. The second-order valence-corrected chi connectivity index (χ2v) is 4.86. The molecule has 5 heteroatoms. The van der Waals surface area contributed by atoms with Crippen molar-refractivity contribution >= 4 is 23.7 Å². The van der Waals surface area contributed by atoms with E-state index < -0.39 is 0 Å². The van der Waals surface area contributed by atoms with E-state index in [0.717, 1.165) is 22.4 Å². The van der Waals surface area contributed by atoms with Crippen LogP contribution in [0.4, 0.5) is 0 Å². The van der Waals surface area contributed by atoms with Crippen molar-refractivity contribution in [2.75, 3.05) is 0 Å². The first-order valence-electron chi connectivity index (χ1n) is 6.71. The quantitative estimate of drug-likeness (QED) is 0.229. The zero-order valence-electron chi connectivity index (χ0n) is 12.2. The number of nitrogens with zero attached hydrogens (tertiary/aromatic N) is 1. The zero-order valence-corrected chi connectivity index (χ0v) is 12.2. The second-order valence-electron chi connectivity index (χ2n) is 4.86. The van der Waals surface area contributed by atoms with Gasteiger partial charge in [0.1, 0.15) is 11.6 Å². The van der Waals surface area contributed by atoms with Crippen molar-refractivity contribution < 1.29 is 5.11 Å². The van der Waals surface area contributed by atoms with Gasteiger partial charge in [-0.15, -0.1) is 0 Å². The molecule has 6 N–H and O–H groups in total. The van der Waals surface area contributed by atoms with Crippen molar-refractivity contribution in [1.29, 1.82) is 5.41 Å². The molecule has 0 aliphatic carbocycles. The van der Waals surface area contributed by atoms with E-state index in [4.69, 9.17) is 17.0 Å². The Hall–Kier alpha value is -3.08. The zero-order chi connectivity index (χ0) is 16.1. The van der Waals surface area contributed by atoms with E-state index in [9.17, 15) is 5.11 Å². The SMILES string of the molecule is CC(=NN)c1ccc(C=Cc2ccc(C(=N)N)c(O)c2)cc1. The van der Waals surface area contributed by atoms with Gasteiger partial charge >= 0.3 is 0 Å². The molecule has 0 aliphatic heterocycles. The summed E-state index contributed by atoms with van der Waals surface area (Å²) in [6.07, 6.45) is 3.81. The van der Waals surface area contributed by atoms with E-state index in [1.807, 2.05) is 43.3 Å². The standard InChI is InChI=1S/C17H18N4O/c1-11(21-20)14-7-4-12(5-8-14)2-3-13-6-9-15(17(18)19)16(22)10-13/h2-10,22H,20H2,1H3,(H3,18,19). The average Bonchev–Trinajstić information content (AvgIpc) is 2.52. The summed E-state index contributed by atoms with van der Waals surface area (Å²) in [5, 5.41) is 20.8. The number of nitrogens with two attached hydrogens (primary N) is 2. The number of hydrazone groups is 1. The molecule has 2 aromatic carbocycles. The van der Waals surface area contributed by atoms with Gasteiger partial charge in [0.15, 0.2) is 0 Å². The fourth-order valence-corrected chi connectivity index (χ4v) is 1.98. The molecule has 0 saturated heterocycles. The molecule has 0 fully saturated rings. The van der Waals surface area contributed by atoms with Crippen LogP contribution in [0.1, 0.15) is 29.2 Å². The van der Waals surface area contributed by atoms with E-state index >= 15 is 0 Å². The summed E-state index contributed by atoms with van der Waals surface area (Å²) in [4.78, 5) is 0. The van der Waals surface area contributed by atoms with Gasteiger partial charge in [-0.1, -0.05) is 42.5 Å². The third kappa shape index (κ3) is 3.52. The summed E-state index contributed by atoms with van der Waals surface area (Å²) in [6, 6.07) is 12.8. The fourth-order valence-electron chi connectivity index (χ4n) is 1.98. The number of phenols is 1. The Kier molecular flexibility index (Phi) is 4.58. The first-order chi connectivity index (χ1) is 10.5. The molecule has 5 nitrogen and oxygen atoms in total. The highest BCUT2D eigenvalue weighted by Gasteiger charge is 2.03. The molecular weight excluding hydrogens is 276 g/mol. The van der Waals surface area contributed by atoms with Crippen molar-refractivity contribution in [2.45, 2.75) is 6.92 Å². The van der Waals surface area contributed by atoms with Crippen LogP contribution in [0.25, 0.3) is 12.2 Å². The van der Waals surface area contributed by atoms with Crippen LogP contribution < -0.4 is 11.6 Å². The van der Waals surface area contributed by atoms with Crippen LogP contribution in [0.15, 0.2) is 47.6 Å². The number of nitrogens with one attached hydrogen (secondary N) is 1. The van der Waals surface area contributed by atoms with Crippen LogP contribution in [0, 0.1) is 5.41 Å². The molecule has 0 amide bonds. The summed E-state index contributed by atoms with van der Waals surface area (Å²) in [5.74, 6) is 5.10. The molecule has 0 saturated carbocycles. The van der Waals surface area contributed by atoms with Crippen molar-refractivity contribution in [1.82, 2.24) is 0 Å². The number of amidine groups is 1. The largest absolute Gasteiger partial charge is 0.507 e. The van der Waals surface area contributed by atoms with E-state index in [0.29, 0.717) is 5.56 Å². The predicted octanol–water partition coefficient (Wildman–Crippen LogP) is 2.53. The lowest BCUT2D eigenvalue weighted by atomic mass is 10.1. The van der Waals surface area contributed by atoms with E-state index in [1.54, 1.807) is 18.2 Å². The number of rotatable bonds is 4. The number of phenolic OH excluding ortho intramolecular Hbond substituents is 1. The van der Waals surface area contributed by atoms with Crippen molar-refractivity contribution in [3.05, 3.63) is 64.7 Å². The number of benzene rings is 2. The Bertz CT molecular complexity index is 746. The number of aromatic hydroxyl groups is 1. The van der Waals surface area contributed by atoms with E-state index in [2.05, 4.69) is 5.10 Å². The lowest BCUT2D eigenvalue weighted by Gasteiger charge is -2.03. The highest BCUT2D eigenvalue weighted by Crippen LogP contribution is 2.20. The van der Waals surface area contributed by atoms with E-state index in [1.165, 1.54) is 0 Å². The van der Waals surface area contributed by atoms with Gasteiger partial charge in [-0.25, -0.2) is 0 Å². The Labute approximate surface area is 129 Å². The van der Waals surface area contributed by atoms with Gasteiger partial charge < -0.3 is 16.7 Å². The third-order valence-corrected chi connectivity index (χ3v) is 3.30. The minimum Gasteiger partial charge on any atom is -0.507 e. The molecule has 0 aromatic heterocycles. The first kappa shape index (κ1) is 15.3. The normalized spacial score (nSPS) is 11.8. The molecule has 22 heavy (non-hydrogen) atoms. The summed E-state index contributed by atoms with van der Waals surface area (Å²) in [6.45, 7) is 1.85. The Balaban J connectivity index is 2.18. The lowest BCUT2D eigenvalue weighted by molar-refractivity contribution is 0.474. The van der Waals surface area contributed by atoms with Gasteiger partial charge in [0.2, 0.25) is 0 Å². The van der Waals surface area contributed by atoms with Crippen molar-refractivity contribution in [3.8, 4) is 5.75 Å². The first-order valence-corrected chi connectivity index (χ1v) is 6.71. The van der Waals surface area contributed by atoms with Gasteiger partial charge in [-0.05, 0) is 35.7 Å². The van der Waals surface area contributed by atoms with Gasteiger partial charge in [-0.3, -0.25) is 5.41 Å².